The van der Waals surface area contributed by atoms with Crippen molar-refractivity contribution >= 4 is 49.1 Å². The van der Waals surface area contributed by atoms with Crippen molar-refractivity contribution in [1.29, 1.82) is 0 Å². The van der Waals surface area contributed by atoms with Gasteiger partial charge in [-0.05, 0) is 35.7 Å². The third-order valence-electron chi connectivity index (χ3n) is 6.14. The number of nitro groups is 1. The van der Waals surface area contributed by atoms with E-state index in [9.17, 15) is 28.1 Å². The molecule has 0 aliphatic heterocycles. The third-order valence-corrected chi connectivity index (χ3v) is 7.79. The van der Waals surface area contributed by atoms with Gasteiger partial charge in [-0.3, -0.25) is 24.0 Å². The first kappa shape index (κ1) is 29.8. The smallest absolute Gasteiger partial charge is 0.271 e. The number of likely N-dealkylation sites (N-methyl/N-ethyl adjacent to an activating group) is 1. The molecule has 0 bridgehead atoms. The Kier molecular flexibility index (Phi) is 9.81. The van der Waals surface area contributed by atoms with Crippen molar-refractivity contribution < 1.29 is 22.9 Å². The van der Waals surface area contributed by atoms with E-state index in [1.165, 1.54) is 24.1 Å². The zero-order chi connectivity index (χ0) is 28.7. The summed E-state index contributed by atoms with van der Waals surface area (Å²) in [5.41, 5.74) is 1.68. The number of carbonyl (C=O) groups is 2. The molecule has 1 unspecified atom stereocenters. The van der Waals surface area contributed by atoms with Crippen LogP contribution in [0, 0.1) is 17.0 Å². The molecular formula is C27H29BrN4O6S. The number of carbonyl (C=O) groups excluding carboxylic acids is 2. The molecular weight excluding hydrogens is 588 g/mol. The number of non-ortho nitro benzene ring substituents is 1. The van der Waals surface area contributed by atoms with Crippen molar-refractivity contribution in [2.45, 2.75) is 25.9 Å². The molecule has 0 saturated heterocycles. The van der Waals surface area contributed by atoms with Gasteiger partial charge >= 0.3 is 0 Å². The fourth-order valence-corrected chi connectivity index (χ4v) is 5.25. The second kappa shape index (κ2) is 12.9. The largest absolute Gasteiger partial charge is 0.357 e. The summed E-state index contributed by atoms with van der Waals surface area (Å²) in [6.45, 7) is 0.978. The molecule has 0 heterocycles. The molecule has 10 nitrogen and oxygen atoms in total. The maximum absolute atomic E-state index is 13.9. The SMILES string of the molecule is CNC(=O)C(Cc1ccccc1)N(Cc1ccc(Br)cc1)C(=O)CN(c1cc([N+](=O)[O-])ccc1C)S(C)(=O)=O. The van der Waals surface area contributed by atoms with Crippen molar-refractivity contribution in [2.24, 2.45) is 0 Å². The first-order valence-electron chi connectivity index (χ1n) is 11.9. The van der Waals surface area contributed by atoms with E-state index in [1.807, 2.05) is 30.3 Å². The quantitative estimate of drug-likeness (QED) is 0.257. The Morgan fingerprint density at radius 1 is 1.03 bits per heavy atom. The van der Waals surface area contributed by atoms with E-state index in [0.717, 1.165) is 32.2 Å². The maximum atomic E-state index is 13.9. The summed E-state index contributed by atoms with van der Waals surface area (Å²) in [7, 11) is -2.57. The van der Waals surface area contributed by atoms with E-state index >= 15 is 0 Å². The lowest BCUT2D eigenvalue weighted by molar-refractivity contribution is -0.384. The lowest BCUT2D eigenvalue weighted by Gasteiger charge is -2.33. The summed E-state index contributed by atoms with van der Waals surface area (Å²) >= 11 is 3.39. The van der Waals surface area contributed by atoms with Crippen molar-refractivity contribution in [3.8, 4) is 0 Å². The number of halogens is 1. The summed E-state index contributed by atoms with van der Waals surface area (Å²) in [5, 5.41) is 14.0. The average molecular weight is 618 g/mol. The number of aryl methyl sites for hydroxylation is 1. The summed E-state index contributed by atoms with van der Waals surface area (Å²) in [5.74, 6) is -1.06. The topological polar surface area (TPSA) is 130 Å². The number of hydrogen-bond acceptors (Lipinski definition) is 6. The number of hydrogen-bond donors (Lipinski definition) is 1. The maximum Gasteiger partial charge on any atom is 0.271 e. The van der Waals surface area contributed by atoms with Crippen LogP contribution in [0.4, 0.5) is 11.4 Å². The fourth-order valence-electron chi connectivity index (χ4n) is 4.08. The van der Waals surface area contributed by atoms with Gasteiger partial charge in [-0.25, -0.2) is 8.42 Å². The number of anilines is 1. The molecule has 0 spiro atoms. The van der Waals surface area contributed by atoms with Crippen LogP contribution < -0.4 is 9.62 Å². The Morgan fingerprint density at radius 2 is 1.67 bits per heavy atom. The zero-order valence-electron chi connectivity index (χ0n) is 21.7. The summed E-state index contributed by atoms with van der Waals surface area (Å²) in [6, 6.07) is 19.2. The lowest BCUT2D eigenvalue weighted by Crippen LogP contribution is -2.53. The highest BCUT2D eigenvalue weighted by Gasteiger charge is 2.33. The van der Waals surface area contributed by atoms with Gasteiger partial charge < -0.3 is 10.2 Å². The molecule has 1 atom stereocenters. The van der Waals surface area contributed by atoms with Gasteiger partial charge in [0, 0.05) is 36.6 Å². The van der Waals surface area contributed by atoms with E-state index in [2.05, 4.69) is 21.2 Å². The highest BCUT2D eigenvalue weighted by atomic mass is 79.9. The second-order valence-corrected chi connectivity index (χ2v) is 11.8. The Balaban J connectivity index is 2.07. The predicted molar refractivity (Wildman–Crippen MR) is 153 cm³/mol. The standard InChI is InChI=1S/C27H29BrN4O6S/c1-19-9-14-23(32(35)36)16-24(19)31(39(3,37)38)18-26(33)30(17-21-10-12-22(28)13-11-21)25(27(34)29-2)15-20-7-5-4-6-8-20/h4-14,16,25H,15,17-18H2,1-3H3,(H,29,34). The molecule has 12 heteroatoms. The minimum atomic E-state index is -4.04. The number of benzene rings is 3. The number of amides is 2. The van der Waals surface area contributed by atoms with E-state index < -0.39 is 39.3 Å². The van der Waals surface area contributed by atoms with Crippen LogP contribution in [-0.4, -0.2) is 55.9 Å². The van der Waals surface area contributed by atoms with E-state index in [4.69, 9.17) is 0 Å². The molecule has 206 valence electrons. The van der Waals surface area contributed by atoms with Crippen LogP contribution in [0.2, 0.25) is 0 Å². The Labute approximate surface area is 236 Å². The molecule has 3 aromatic carbocycles. The molecule has 0 aliphatic carbocycles. The van der Waals surface area contributed by atoms with Crippen molar-refractivity contribution in [3.63, 3.8) is 0 Å². The van der Waals surface area contributed by atoms with Gasteiger partial charge in [0.25, 0.3) is 5.69 Å². The van der Waals surface area contributed by atoms with Crippen LogP contribution in [0.5, 0.6) is 0 Å². The Morgan fingerprint density at radius 3 is 2.23 bits per heavy atom. The van der Waals surface area contributed by atoms with E-state index in [1.54, 1.807) is 31.2 Å². The van der Waals surface area contributed by atoms with Gasteiger partial charge in [0.15, 0.2) is 0 Å². The minimum Gasteiger partial charge on any atom is -0.357 e. The number of sulfonamides is 1. The van der Waals surface area contributed by atoms with Crippen LogP contribution in [0.1, 0.15) is 16.7 Å². The molecule has 3 aromatic rings. The van der Waals surface area contributed by atoms with Gasteiger partial charge in [0.1, 0.15) is 12.6 Å². The van der Waals surface area contributed by atoms with Gasteiger partial charge in [0.2, 0.25) is 21.8 Å². The monoisotopic (exact) mass is 616 g/mol. The lowest BCUT2D eigenvalue weighted by atomic mass is 10.0. The highest BCUT2D eigenvalue weighted by molar-refractivity contribution is 9.10. The van der Waals surface area contributed by atoms with E-state index in [-0.39, 0.29) is 24.3 Å². The Bertz CT molecular complexity index is 1450. The van der Waals surface area contributed by atoms with Crippen molar-refractivity contribution in [1.82, 2.24) is 10.2 Å². The van der Waals surface area contributed by atoms with Crippen LogP contribution in [0.15, 0.2) is 77.3 Å². The van der Waals surface area contributed by atoms with E-state index in [0.29, 0.717) is 5.56 Å². The Hall–Kier alpha value is -3.77. The number of rotatable bonds is 11. The van der Waals surface area contributed by atoms with Gasteiger partial charge in [0.05, 0.1) is 16.9 Å². The molecule has 0 aromatic heterocycles. The summed E-state index contributed by atoms with van der Waals surface area (Å²) in [6.07, 6.45) is 1.12. The molecule has 3 rings (SSSR count). The first-order valence-corrected chi connectivity index (χ1v) is 14.6. The van der Waals surface area contributed by atoms with Crippen LogP contribution in [-0.2, 0) is 32.6 Å². The van der Waals surface area contributed by atoms with Gasteiger partial charge in [-0.2, -0.15) is 0 Å². The molecule has 0 aliphatic rings. The minimum absolute atomic E-state index is 0.0168. The molecule has 1 N–H and O–H groups in total. The third kappa shape index (κ3) is 7.87. The van der Waals surface area contributed by atoms with Crippen molar-refractivity contribution in [2.75, 3.05) is 24.2 Å². The first-order chi connectivity index (χ1) is 18.4. The van der Waals surface area contributed by atoms with Gasteiger partial charge in [-0.1, -0.05) is 64.5 Å². The molecule has 0 fully saturated rings. The molecule has 39 heavy (non-hydrogen) atoms. The van der Waals surface area contributed by atoms with Crippen molar-refractivity contribution in [3.05, 3.63) is 104 Å². The molecule has 0 radical (unpaired) electrons. The van der Waals surface area contributed by atoms with Crippen LogP contribution in [0.3, 0.4) is 0 Å². The summed E-state index contributed by atoms with van der Waals surface area (Å²) < 4.78 is 27.4. The zero-order valence-corrected chi connectivity index (χ0v) is 24.1. The van der Waals surface area contributed by atoms with Crippen LogP contribution >= 0.6 is 15.9 Å². The second-order valence-electron chi connectivity index (χ2n) is 8.97. The highest BCUT2D eigenvalue weighted by Crippen LogP contribution is 2.28. The van der Waals surface area contributed by atoms with Gasteiger partial charge in [-0.15, -0.1) is 0 Å². The number of nitrogens with zero attached hydrogens (tertiary/aromatic N) is 3. The summed E-state index contributed by atoms with van der Waals surface area (Å²) in [4.78, 5) is 39.1. The molecule has 0 saturated carbocycles. The molecule has 2 amide bonds. The normalized spacial score (nSPS) is 11.9. The number of nitro benzene ring substituents is 1. The average Bonchev–Trinajstić information content (AvgIpc) is 2.90. The predicted octanol–water partition coefficient (Wildman–Crippen LogP) is 3.82. The fraction of sp³-hybridized carbons (Fsp3) is 0.259. The number of nitrogens with one attached hydrogen (secondary N) is 1. The van der Waals surface area contributed by atoms with Crippen LogP contribution in [0.25, 0.3) is 0 Å².